The molecule has 6 heteroatoms. The number of hydrogen-bond acceptors (Lipinski definition) is 4. The summed E-state index contributed by atoms with van der Waals surface area (Å²) in [6.45, 7) is 2.60. The van der Waals surface area contributed by atoms with Crippen LogP contribution in [-0.4, -0.2) is 56.2 Å². The van der Waals surface area contributed by atoms with Crippen LogP contribution in [0.1, 0.15) is 6.42 Å². The van der Waals surface area contributed by atoms with E-state index >= 15 is 0 Å². The molecule has 6 nitrogen and oxygen atoms in total. The molecule has 0 atom stereocenters. The van der Waals surface area contributed by atoms with Gasteiger partial charge in [-0.15, -0.1) is 0 Å². The zero-order valence-corrected chi connectivity index (χ0v) is 11.9. The summed E-state index contributed by atoms with van der Waals surface area (Å²) in [6.07, 6.45) is 0.298. The monoisotopic (exact) mass is 292 g/mol. The van der Waals surface area contributed by atoms with Crippen molar-refractivity contribution in [3.8, 4) is 5.75 Å². The van der Waals surface area contributed by atoms with Crippen LogP contribution in [0.15, 0.2) is 30.3 Å². The Labute approximate surface area is 124 Å². The highest BCUT2D eigenvalue weighted by atomic mass is 16.5. The van der Waals surface area contributed by atoms with Crippen molar-refractivity contribution < 1.29 is 19.1 Å². The standard InChI is InChI=1S/C15H20N2O4/c18-14(6-10-21-13-4-2-1-3-5-13)16-7-8-17-9-11-20-12-15(17)19/h1-5H,6-12H2,(H,16,18). The minimum Gasteiger partial charge on any atom is -0.493 e. The second kappa shape index (κ2) is 8.26. The quantitative estimate of drug-likeness (QED) is 0.791. The van der Waals surface area contributed by atoms with E-state index < -0.39 is 0 Å². The highest BCUT2D eigenvalue weighted by Crippen LogP contribution is 2.08. The minimum atomic E-state index is -0.0772. The Morgan fingerprint density at radius 2 is 2.14 bits per heavy atom. The maximum Gasteiger partial charge on any atom is 0.248 e. The molecule has 1 aromatic carbocycles. The Bertz CT molecular complexity index is 464. The SMILES string of the molecule is O=C(CCOc1ccccc1)NCCN1CCOCC1=O. The van der Waals surface area contributed by atoms with Crippen LogP contribution >= 0.6 is 0 Å². The Kier molecular flexibility index (Phi) is 6.02. The molecule has 0 radical (unpaired) electrons. The Hall–Kier alpha value is -2.08. The molecule has 1 saturated heterocycles. The van der Waals surface area contributed by atoms with Crippen LogP contribution in [0, 0.1) is 0 Å². The topological polar surface area (TPSA) is 67.9 Å². The van der Waals surface area contributed by atoms with Gasteiger partial charge in [0.05, 0.1) is 19.6 Å². The first kappa shape index (κ1) is 15.3. The van der Waals surface area contributed by atoms with Crippen LogP contribution in [0.4, 0.5) is 0 Å². The number of carbonyl (C=O) groups excluding carboxylic acids is 2. The summed E-state index contributed by atoms with van der Waals surface area (Å²) >= 11 is 0. The molecule has 0 aromatic heterocycles. The highest BCUT2D eigenvalue weighted by Gasteiger charge is 2.17. The van der Waals surface area contributed by atoms with E-state index in [2.05, 4.69) is 5.32 Å². The lowest BCUT2D eigenvalue weighted by atomic mass is 10.3. The van der Waals surface area contributed by atoms with E-state index in [-0.39, 0.29) is 18.4 Å². The molecular formula is C15H20N2O4. The Morgan fingerprint density at radius 3 is 2.90 bits per heavy atom. The van der Waals surface area contributed by atoms with E-state index in [1.807, 2.05) is 30.3 Å². The van der Waals surface area contributed by atoms with Gasteiger partial charge in [0.2, 0.25) is 11.8 Å². The molecule has 0 spiro atoms. The second-order valence-corrected chi connectivity index (χ2v) is 4.69. The van der Waals surface area contributed by atoms with Gasteiger partial charge in [0, 0.05) is 19.6 Å². The fraction of sp³-hybridized carbons (Fsp3) is 0.467. The Balaban J connectivity index is 1.56. The predicted octanol–water partition coefficient (Wildman–Crippen LogP) is 0.431. The molecule has 1 aromatic rings. The maximum atomic E-state index is 11.6. The number of rotatable bonds is 7. The minimum absolute atomic E-state index is 0.0251. The largest absolute Gasteiger partial charge is 0.493 e. The van der Waals surface area contributed by atoms with E-state index in [1.54, 1.807) is 4.90 Å². The number of ether oxygens (including phenoxy) is 2. The zero-order valence-electron chi connectivity index (χ0n) is 11.9. The van der Waals surface area contributed by atoms with Crippen molar-refractivity contribution in [1.29, 1.82) is 0 Å². The lowest BCUT2D eigenvalue weighted by Gasteiger charge is -2.26. The van der Waals surface area contributed by atoms with E-state index in [4.69, 9.17) is 9.47 Å². The van der Waals surface area contributed by atoms with Crippen molar-refractivity contribution in [2.45, 2.75) is 6.42 Å². The van der Waals surface area contributed by atoms with Gasteiger partial charge in [-0.3, -0.25) is 9.59 Å². The molecule has 1 fully saturated rings. The van der Waals surface area contributed by atoms with E-state index in [0.717, 1.165) is 5.75 Å². The summed E-state index contributed by atoms with van der Waals surface area (Å²) in [7, 11) is 0. The molecule has 114 valence electrons. The van der Waals surface area contributed by atoms with Crippen molar-refractivity contribution in [1.82, 2.24) is 10.2 Å². The predicted molar refractivity (Wildman–Crippen MR) is 77.0 cm³/mol. The summed E-state index contributed by atoms with van der Waals surface area (Å²) in [5.74, 6) is 0.652. The molecule has 0 aliphatic carbocycles. The molecule has 0 saturated carbocycles. The highest BCUT2D eigenvalue weighted by molar-refractivity contribution is 5.78. The van der Waals surface area contributed by atoms with Crippen LogP contribution in [0.2, 0.25) is 0 Å². The summed E-state index contributed by atoms with van der Waals surface area (Å²) in [5, 5.41) is 2.78. The van der Waals surface area contributed by atoms with Crippen LogP contribution in [0.5, 0.6) is 5.75 Å². The summed E-state index contributed by atoms with van der Waals surface area (Å²) in [5.41, 5.74) is 0. The fourth-order valence-electron chi connectivity index (χ4n) is 1.98. The number of carbonyl (C=O) groups is 2. The van der Waals surface area contributed by atoms with Gasteiger partial charge in [-0.2, -0.15) is 0 Å². The number of nitrogens with one attached hydrogen (secondary N) is 1. The van der Waals surface area contributed by atoms with Crippen molar-refractivity contribution in [3.05, 3.63) is 30.3 Å². The second-order valence-electron chi connectivity index (χ2n) is 4.69. The van der Waals surface area contributed by atoms with Crippen LogP contribution in [0.25, 0.3) is 0 Å². The van der Waals surface area contributed by atoms with Gasteiger partial charge in [0.25, 0.3) is 0 Å². The maximum absolute atomic E-state index is 11.6. The van der Waals surface area contributed by atoms with Crippen LogP contribution < -0.4 is 10.1 Å². The molecule has 1 aliphatic rings. The summed E-state index contributed by atoms with van der Waals surface area (Å²) in [6, 6.07) is 9.37. The summed E-state index contributed by atoms with van der Waals surface area (Å²) < 4.78 is 10.5. The van der Waals surface area contributed by atoms with Crippen molar-refractivity contribution >= 4 is 11.8 Å². The lowest BCUT2D eigenvalue weighted by Crippen LogP contribution is -2.45. The van der Waals surface area contributed by atoms with Gasteiger partial charge in [-0.1, -0.05) is 18.2 Å². The number of morpholine rings is 1. The van der Waals surface area contributed by atoms with Gasteiger partial charge < -0.3 is 19.7 Å². The zero-order chi connectivity index (χ0) is 14.9. The van der Waals surface area contributed by atoms with E-state index in [1.165, 1.54) is 0 Å². The van der Waals surface area contributed by atoms with Gasteiger partial charge in [0.15, 0.2) is 0 Å². The Morgan fingerprint density at radius 1 is 1.33 bits per heavy atom. The number of benzene rings is 1. The van der Waals surface area contributed by atoms with E-state index in [9.17, 15) is 9.59 Å². The van der Waals surface area contributed by atoms with E-state index in [0.29, 0.717) is 39.3 Å². The third-order valence-corrected chi connectivity index (χ3v) is 3.13. The van der Waals surface area contributed by atoms with Crippen LogP contribution in [-0.2, 0) is 14.3 Å². The molecule has 1 N–H and O–H groups in total. The first-order chi connectivity index (χ1) is 10.3. The smallest absolute Gasteiger partial charge is 0.248 e. The van der Waals surface area contributed by atoms with Crippen molar-refractivity contribution in [2.24, 2.45) is 0 Å². The first-order valence-corrected chi connectivity index (χ1v) is 7.06. The molecule has 0 unspecified atom stereocenters. The molecule has 2 amide bonds. The normalized spacial score (nSPS) is 14.9. The molecule has 1 aliphatic heterocycles. The van der Waals surface area contributed by atoms with Gasteiger partial charge >= 0.3 is 0 Å². The van der Waals surface area contributed by atoms with Gasteiger partial charge in [-0.05, 0) is 12.1 Å². The lowest BCUT2D eigenvalue weighted by molar-refractivity contribution is -0.142. The molecular weight excluding hydrogens is 272 g/mol. The molecule has 21 heavy (non-hydrogen) atoms. The average Bonchev–Trinajstić information content (AvgIpc) is 2.50. The fourth-order valence-corrected chi connectivity index (χ4v) is 1.98. The summed E-state index contributed by atoms with van der Waals surface area (Å²) in [4.78, 5) is 24.8. The average molecular weight is 292 g/mol. The van der Waals surface area contributed by atoms with Crippen molar-refractivity contribution in [2.75, 3.05) is 39.5 Å². The molecule has 1 heterocycles. The number of nitrogens with zero attached hydrogens (tertiary/aromatic N) is 1. The number of para-hydroxylation sites is 1. The third-order valence-electron chi connectivity index (χ3n) is 3.13. The van der Waals surface area contributed by atoms with Crippen molar-refractivity contribution in [3.63, 3.8) is 0 Å². The van der Waals surface area contributed by atoms with Gasteiger partial charge in [0.1, 0.15) is 12.4 Å². The molecule has 2 rings (SSSR count). The molecule has 0 bridgehead atoms. The van der Waals surface area contributed by atoms with Crippen LogP contribution in [0.3, 0.4) is 0 Å². The number of amides is 2. The number of hydrogen-bond donors (Lipinski definition) is 1. The van der Waals surface area contributed by atoms with Gasteiger partial charge in [-0.25, -0.2) is 0 Å². The first-order valence-electron chi connectivity index (χ1n) is 7.06. The third kappa shape index (κ3) is 5.43.